The van der Waals surface area contributed by atoms with Gasteiger partial charge in [-0.1, -0.05) is 0 Å². The quantitative estimate of drug-likeness (QED) is 0.459. The largest absolute Gasteiger partial charge is 0.423 e. The first-order chi connectivity index (χ1) is 6.14. The molecule has 0 N–H and O–H groups in total. The second-order valence-corrected chi connectivity index (χ2v) is 4.90. The number of hydrogen-bond donors (Lipinski definition) is 0. The van der Waals surface area contributed by atoms with Crippen molar-refractivity contribution in [3.63, 3.8) is 0 Å². The zero-order valence-electron chi connectivity index (χ0n) is 9.14. The average Bonchev–Trinajstić information content (AvgIpc) is 2.87. The van der Waals surface area contributed by atoms with Crippen LogP contribution in [-0.4, -0.2) is 28.8 Å². The summed E-state index contributed by atoms with van der Waals surface area (Å²) in [4.78, 5) is 0. The van der Waals surface area contributed by atoms with Gasteiger partial charge in [0.2, 0.25) is 0 Å². The Balaban J connectivity index is 1.87. The molecule has 0 aliphatic heterocycles. The monoisotopic (exact) mass is 202 g/mol. The number of ether oxygens (including phenoxy) is 1. The molecule has 2 nitrogen and oxygen atoms in total. The van der Waals surface area contributed by atoms with Crippen LogP contribution in [0.3, 0.4) is 0 Å². The summed E-state index contributed by atoms with van der Waals surface area (Å²) in [5.41, 5.74) is 0.103. The third-order valence-electron chi connectivity index (χ3n) is 2.60. The lowest BCUT2D eigenvalue weighted by Gasteiger charge is -2.23. The maximum Gasteiger partial charge on any atom is 0.146 e. The first-order valence-corrected chi connectivity index (χ1v) is 6.12. The van der Waals surface area contributed by atoms with Crippen molar-refractivity contribution < 1.29 is 9.16 Å². The molecule has 0 aromatic carbocycles. The molecule has 0 heterocycles. The topological polar surface area (TPSA) is 18.5 Å². The van der Waals surface area contributed by atoms with Gasteiger partial charge in [0.05, 0.1) is 6.10 Å². The Morgan fingerprint density at radius 2 is 2.00 bits per heavy atom. The van der Waals surface area contributed by atoms with E-state index in [1.165, 1.54) is 25.7 Å². The molecule has 0 bridgehead atoms. The van der Waals surface area contributed by atoms with Gasteiger partial charge in [-0.25, -0.2) is 0 Å². The fraction of sp³-hybridized carbons (Fsp3) is 1.00. The van der Waals surface area contributed by atoms with E-state index in [0.717, 1.165) is 23.5 Å². The Morgan fingerprint density at radius 1 is 1.31 bits per heavy atom. The van der Waals surface area contributed by atoms with Gasteiger partial charge in [-0.15, -0.1) is 0 Å². The minimum atomic E-state index is 0.103. The highest BCUT2D eigenvalue weighted by atomic mass is 28.2. The highest BCUT2D eigenvalue weighted by Crippen LogP contribution is 2.24. The summed E-state index contributed by atoms with van der Waals surface area (Å²) in [6.45, 7) is 5.28. The third-order valence-corrected chi connectivity index (χ3v) is 3.71. The lowest BCUT2D eigenvalue weighted by atomic mass is 10.0. The Bertz CT molecular complexity index is 144. The van der Waals surface area contributed by atoms with Gasteiger partial charge in [0.25, 0.3) is 0 Å². The predicted molar refractivity (Wildman–Crippen MR) is 57.9 cm³/mol. The van der Waals surface area contributed by atoms with E-state index in [1.54, 1.807) is 0 Å². The van der Waals surface area contributed by atoms with Gasteiger partial charge >= 0.3 is 0 Å². The van der Waals surface area contributed by atoms with Crippen molar-refractivity contribution in [2.45, 2.75) is 57.7 Å². The normalized spacial score (nSPS) is 18.0. The van der Waals surface area contributed by atoms with Crippen LogP contribution in [0.2, 0.25) is 0 Å². The summed E-state index contributed by atoms with van der Waals surface area (Å²) in [6, 6.07) is 0. The average molecular weight is 202 g/mol. The van der Waals surface area contributed by atoms with E-state index in [-0.39, 0.29) is 5.60 Å². The third kappa shape index (κ3) is 5.44. The van der Waals surface area contributed by atoms with Crippen LogP contribution in [0.4, 0.5) is 0 Å². The maximum atomic E-state index is 5.57. The second-order valence-electron chi connectivity index (χ2n) is 4.49. The molecule has 0 aromatic rings. The smallest absolute Gasteiger partial charge is 0.146 e. The molecule has 78 valence electrons. The number of unbranched alkanes of at least 4 members (excludes halogenated alkanes) is 1. The summed E-state index contributed by atoms with van der Waals surface area (Å²) in [7, 11) is 0.842. The molecule has 0 spiro atoms. The summed E-state index contributed by atoms with van der Waals surface area (Å²) < 4.78 is 11.0. The highest BCUT2D eigenvalue weighted by molar-refractivity contribution is 5.98. The molecule has 0 atom stereocenters. The Hall–Kier alpha value is 0.137. The van der Waals surface area contributed by atoms with Gasteiger partial charge in [-0.05, 0) is 46.0 Å². The molecule has 0 saturated heterocycles. The molecule has 0 aromatic heterocycles. The molecular weight excluding hydrogens is 180 g/mol. The molecule has 1 saturated carbocycles. The van der Waals surface area contributed by atoms with E-state index in [9.17, 15) is 0 Å². The van der Waals surface area contributed by atoms with Crippen molar-refractivity contribution in [2.24, 2.45) is 0 Å². The Labute approximate surface area is 84.5 Å². The molecule has 3 heteroatoms. The van der Waals surface area contributed by atoms with E-state index in [1.807, 2.05) is 0 Å². The summed E-state index contributed by atoms with van der Waals surface area (Å²) in [5.74, 6) is 0. The molecule has 13 heavy (non-hydrogen) atoms. The lowest BCUT2D eigenvalue weighted by molar-refractivity contribution is 0.0913. The Kier molecular flexibility index (Phi) is 4.42. The zero-order chi connectivity index (χ0) is 9.73. The SMILES string of the molecule is CC(C)(CCCCOC1CC1)O[SiH3]. The molecule has 0 amide bonds. The lowest BCUT2D eigenvalue weighted by Crippen LogP contribution is -2.22. The van der Waals surface area contributed by atoms with E-state index >= 15 is 0 Å². The molecular formula is C10H22O2Si. The van der Waals surface area contributed by atoms with Crippen LogP contribution in [-0.2, 0) is 9.16 Å². The van der Waals surface area contributed by atoms with Gasteiger partial charge in [-0.3, -0.25) is 0 Å². The Morgan fingerprint density at radius 3 is 2.54 bits per heavy atom. The molecule has 0 unspecified atom stereocenters. The van der Waals surface area contributed by atoms with Crippen LogP contribution in [0.25, 0.3) is 0 Å². The van der Waals surface area contributed by atoms with Crippen molar-refractivity contribution in [3.8, 4) is 0 Å². The van der Waals surface area contributed by atoms with Crippen molar-refractivity contribution in [2.75, 3.05) is 6.61 Å². The number of hydrogen-bond acceptors (Lipinski definition) is 2. The second kappa shape index (κ2) is 5.13. The van der Waals surface area contributed by atoms with Crippen LogP contribution in [0.5, 0.6) is 0 Å². The predicted octanol–water partition coefficient (Wildman–Crippen LogP) is 1.41. The summed E-state index contributed by atoms with van der Waals surface area (Å²) >= 11 is 0. The standard InChI is InChI=1S/C10H22O2Si/c1-10(2,12-13)7-3-4-8-11-9-5-6-9/h9H,3-8H2,1-2,13H3. The van der Waals surface area contributed by atoms with Gasteiger partial charge < -0.3 is 9.16 Å². The highest BCUT2D eigenvalue weighted by Gasteiger charge is 2.21. The van der Waals surface area contributed by atoms with Crippen LogP contribution in [0, 0.1) is 0 Å². The van der Waals surface area contributed by atoms with Crippen LogP contribution in [0.15, 0.2) is 0 Å². The minimum absolute atomic E-state index is 0.103. The minimum Gasteiger partial charge on any atom is -0.423 e. The molecule has 1 aliphatic rings. The van der Waals surface area contributed by atoms with Crippen molar-refractivity contribution in [1.29, 1.82) is 0 Å². The van der Waals surface area contributed by atoms with Crippen molar-refractivity contribution in [3.05, 3.63) is 0 Å². The fourth-order valence-corrected chi connectivity index (χ4v) is 1.44. The molecule has 1 rings (SSSR count). The summed E-state index contributed by atoms with van der Waals surface area (Å²) in [5, 5.41) is 0. The van der Waals surface area contributed by atoms with E-state index in [2.05, 4.69) is 13.8 Å². The first-order valence-electron chi connectivity index (χ1n) is 5.31. The fourth-order valence-electron chi connectivity index (χ4n) is 1.24. The molecule has 0 radical (unpaired) electrons. The van der Waals surface area contributed by atoms with Crippen LogP contribution >= 0.6 is 0 Å². The first kappa shape index (κ1) is 11.2. The van der Waals surface area contributed by atoms with Gasteiger partial charge in [0.15, 0.2) is 0 Å². The summed E-state index contributed by atoms with van der Waals surface area (Å²) in [6.07, 6.45) is 6.75. The van der Waals surface area contributed by atoms with E-state index < -0.39 is 0 Å². The molecule has 1 fully saturated rings. The van der Waals surface area contributed by atoms with E-state index in [4.69, 9.17) is 9.16 Å². The van der Waals surface area contributed by atoms with Gasteiger partial charge in [-0.2, -0.15) is 0 Å². The number of rotatable bonds is 7. The van der Waals surface area contributed by atoms with E-state index in [0.29, 0.717) is 6.10 Å². The van der Waals surface area contributed by atoms with Crippen molar-refractivity contribution in [1.82, 2.24) is 0 Å². The maximum absolute atomic E-state index is 5.57. The van der Waals surface area contributed by atoms with Gasteiger partial charge in [0.1, 0.15) is 10.5 Å². The van der Waals surface area contributed by atoms with Crippen LogP contribution in [0.1, 0.15) is 46.0 Å². The molecule has 1 aliphatic carbocycles. The van der Waals surface area contributed by atoms with Gasteiger partial charge in [0, 0.05) is 12.2 Å². The zero-order valence-corrected chi connectivity index (χ0v) is 11.1. The van der Waals surface area contributed by atoms with Crippen LogP contribution < -0.4 is 0 Å². The van der Waals surface area contributed by atoms with Crippen molar-refractivity contribution >= 4 is 10.5 Å².